The van der Waals surface area contributed by atoms with Crippen LogP contribution in [0.1, 0.15) is 19.8 Å². The van der Waals surface area contributed by atoms with Gasteiger partial charge in [0.05, 0.1) is 29.5 Å². The molecule has 2 N–H and O–H groups in total. The minimum atomic E-state index is -3.67. The molecule has 2 heterocycles. The molecule has 3 rings (SSSR count). The molecule has 0 aliphatic carbocycles. The van der Waals surface area contributed by atoms with E-state index < -0.39 is 10.0 Å². The summed E-state index contributed by atoms with van der Waals surface area (Å²) in [5.74, 6) is 1.32. The molecule has 1 aromatic heterocycles. The van der Waals surface area contributed by atoms with Gasteiger partial charge in [-0.15, -0.1) is 0 Å². The number of benzene rings is 1. The predicted octanol–water partition coefficient (Wildman–Crippen LogP) is 2.87. The van der Waals surface area contributed by atoms with Crippen LogP contribution in [0.3, 0.4) is 0 Å². The first kappa shape index (κ1) is 18.5. The van der Waals surface area contributed by atoms with Crippen LogP contribution in [0.15, 0.2) is 47.5 Å². The molecule has 26 heavy (non-hydrogen) atoms. The summed E-state index contributed by atoms with van der Waals surface area (Å²) in [4.78, 5) is 4.41. The summed E-state index contributed by atoms with van der Waals surface area (Å²) in [5, 5.41) is 3.20. The molecule has 1 fully saturated rings. The van der Waals surface area contributed by atoms with Crippen LogP contribution in [0, 0.1) is 0 Å². The zero-order valence-corrected chi connectivity index (χ0v) is 15.5. The number of ether oxygens (including phenoxy) is 2. The lowest BCUT2D eigenvalue weighted by Crippen LogP contribution is -2.19. The molecular formula is C18H23N3O4S. The Labute approximate surface area is 153 Å². The topological polar surface area (TPSA) is 89.6 Å². The number of anilines is 2. The lowest BCUT2D eigenvalue weighted by Gasteiger charge is -2.12. The molecule has 1 aromatic carbocycles. The van der Waals surface area contributed by atoms with Gasteiger partial charge in [-0.05, 0) is 56.2 Å². The van der Waals surface area contributed by atoms with Crippen molar-refractivity contribution in [2.24, 2.45) is 0 Å². The monoisotopic (exact) mass is 377 g/mol. The highest BCUT2D eigenvalue weighted by Gasteiger charge is 2.16. The number of nitrogens with one attached hydrogen (secondary N) is 2. The lowest BCUT2D eigenvalue weighted by atomic mass is 10.2. The summed E-state index contributed by atoms with van der Waals surface area (Å²) in [6.45, 7) is 3.91. The minimum Gasteiger partial charge on any atom is -0.494 e. The average molecular weight is 377 g/mol. The summed E-state index contributed by atoms with van der Waals surface area (Å²) in [6.07, 6.45) is 3.85. The van der Waals surface area contributed by atoms with E-state index in [4.69, 9.17) is 9.47 Å². The van der Waals surface area contributed by atoms with Crippen LogP contribution in [0.25, 0.3) is 0 Å². The largest absolute Gasteiger partial charge is 0.494 e. The summed E-state index contributed by atoms with van der Waals surface area (Å²) in [7, 11) is -3.67. The van der Waals surface area contributed by atoms with Crippen molar-refractivity contribution in [2.75, 3.05) is 29.8 Å². The van der Waals surface area contributed by atoms with Crippen molar-refractivity contribution in [3.05, 3.63) is 42.6 Å². The molecule has 140 valence electrons. The van der Waals surface area contributed by atoms with Crippen LogP contribution in [-0.4, -0.2) is 39.3 Å². The Morgan fingerprint density at radius 2 is 2.04 bits per heavy atom. The zero-order chi connectivity index (χ0) is 18.4. The third-order valence-electron chi connectivity index (χ3n) is 4.00. The van der Waals surface area contributed by atoms with Crippen molar-refractivity contribution in [3.8, 4) is 5.75 Å². The third-order valence-corrected chi connectivity index (χ3v) is 5.39. The highest BCUT2D eigenvalue weighted by Crippen LogP contribution is 2.20. The number of hydrogen-bond donors (Lipinski definition) is 2. The van der Waals surface area contributed by atoms with Gasteiger partial charge in [-0.1, -0.05) is 0 Å². The van der Waals surface area contributed by atoms with Crippen molar-refractivity contribution in [1.82, 2.24) is 4.98 Å². The van der Waals surface area contributed by atoms with Crippen LogP contribution >= 0.6 is 0 Å². The molecule has 0 amide bonds. The molecule has 1 saturated heterocycles. The lowest BCUT2D eigenvalue weighted by molar-refractivity contribution is 0.120. The number of aromatic nitrogens is 1. The van der Waals surface area contributed by atoms with E-state index >= 15 is 0 Å². The van der Waals surface area contributed by atoms with Gasteiger partial charge in [-0.2, -0.15) is 0 Å². The van der Waals surface area contributed by atoms with Crippen LogP contribution < -0.4 is 14.8 Å². The summed E-state index contributed by atoms with van der Waals surface area (Å²) >= 11 is 0. The van der Waals surface area contributed by atoms with Crippen LogP contribution in [0.4, 0.5) is 11.5 Å². The van der Waals surface area contributed by atoms with Crippen molar-refractivity contribution >= 4 is 21.5 Å². The van der Waals surface area contributed by atoms with Crippen LogP contribution in [0.2, 0.25) is 0 Å². The molecule has 0 radical (unpaired) electrons. The Morgan fingerprint density at radius 1 is 1.23 bits per heavy atom. The smallest absolute Gasteiger partial charge is 0.261 e. The maximum atomic E-state index is 12.4. The van der Waals surface area contributed by atoms with E-state index in [1.807, 2.05) is 6.92 Å². The molecule has 0 bridgehead atoms. The van der Waals surface area contributed by atoms with Crippen molar-refractivity contribution in [1.29, 1.82) is 0 Å². The van der Waals surface area contributed by atoms with Gasteiger partial charge < -0.3 is 14.8 Å². The average Bonchev–Trinajstić information content (AvgIpc) is 3.15. The Bertz CT molecular complexity index is 801. The van der Waals surface area contributed by atoms with E-state index in [0.29, 0.717) is 30.4 Å². The SMILES string of the molecule is CCOc1ccc(S(=O)(=O)Nc2ccc(NCC3CCCO3)nc2)cc1. The van der Waals surface area contributed by atoms with Crippen LogP contribution in [-0.2, 0) is 14.8 Å². The molecule has 8 heteroatoms. The first-order valence-corrected chi connectivity index (χ1v) is 10.1. The van der Waals surface area contributed by atoms with E-state index in [0.717, 1.165) is 19.4 Å². The van der Waals surface area contributed by atoms with Gasteiger partial charge in [0.25, 0.3) is 10.0 Å². The van der Waals surface area contributed by atoms with Gasteiger partial charge in [-0.25, -0.2) is 13.4 Å². The number of rotatable bonds is 8. The van der Waals surface area contributed by atoms with Gasteiger partial charge in [0.1, 0.15) is 11.6 Å². The normalized spacial score (nSPS) is 17.0. The van der Waals surface area contributed by atoms with Gasteiger partial charge >= 0.3 is 0 Å². The predicted molar refractivity (Wildman–Crippen MR) is 100 cm³/mol. The molecule has 1 unspecified atom stereocenters. The summed E-state index contributed by atoms with van der Waals surface area (Å²) in [5.41, 5.74) is 0.404. The maximum absolute atomic E-state index is 12.4. The van der Waals surface area contributed by atoms with Crippen molar-refractivity contribution < 1.29 is 17.9 Å². The van der Waals surface area contributed by atoms with Gasteiger partial charge in [-0.3, -0.25) is 4.72 Å². The van der Waals surface area contributed by atoms with Gasteiger partial charge in [0.2, 0.25) is 0 Å². The second-order valence-electron chi connectivity index (χ2n) is 5.96. The second-order valence-corrected chi connectivity index (χ2v) is 7.64. The first-order chi connectivity index (χ1) is 12.6. The minimum absolute atomic E-state index is 0.168. The van der Waals surface area contributed by atoms with E-state index in [9.17, 15) is 8.42 Å². The highest BCUT2D eigenvalue weighted by molar-refractivity contribution is 7.92. The van der Waals surface area contributed by atoms with Crippen LogP contribution in [0.5, 0.6) is 5.75 Å². The van der Waals surface area contributed by atoms with Gasteiger partial charge in [0, 0.05) is 13.2 Å². The number of hydrogen-bond acceptors (Lipinski definition) is 6. The van der Waals surface area contributed by atoms with Crippen molar-refractivity contribution in [3.63, 3.8) is 0 Å². The fourth-order valence-electron chi connectivity index (χ4n) is 2.68. The number of pyridine rings is 1. The molecule has 1 aliphatic heterocycles. The number of sulfonamides is 1. The molecule has 7 nitrogen and oxygen atoms in total. The Hall–Kier alpha value is -2.32. The number of nitrogens with zero attached hydrogens (tertiary/aromatic N) is 1. The molecule has 2 aromatic rings. The Balaban J connectivity index is 1.59. The standard InChI is InChI=1S/C18H23N3O4S/c1-2-24-15-6-8-17(9-7-15)26(22,23)21-14-5-10-18(19-12-14)20-13-16-4-3-11-25-16/h5-10,12,16,21H,2-4,11,13H2,1H3,(H,19,20). The van der Waals surface area contributed by atoms with E-state index in [1.54, 1.807) is 24.3 Å². The Kier molecular flexibility index (Phi) is 5.95. The molecule has 1 aliphatic rings. The van der Waals surface area contributed by atoms with E-state index in [1.165, 1.54) is 18.3 Å². The fourth-order valence-corrected chi connectivity index (χ4v) is 3.72. The zero-order valence-electron chi connectivity index (χ0n) is 14.6. The van der Waals surface area contributed by atoms with E-state index in [-0.39, 0.29) is 11.0 Å². The summed E-state index contributed by atoms with van der Waals surface area (Å²) in [6, 6.07) is 9.71. The highest BCUT2D eigenvalue weighted by atomic mass is 32.2. The second kappa shape index (κ2) is 8.37. The van der Waals surface area contributed by atoms with E-state index in [2.05, 4.69) is 15.0 Å². The molecule has 0 saturated carbocycles. The third kappa shape index (κ3) is 4.86. The van der Waals surface area contributed by atoms with Crippen molar-refractivity contribution in [2.45, 2.75) is 30.8 Å². The van der Waals surface area contributed by atoms with Gasteiger partial charge in [0.15, 0.2) is 0 Å². The quantitative estimate of drug-likeness (QED) is 0.735. The molecule has 0 spiro atoms. The molecular weight excluding hydrogens is 354 g/mol. The first-order valence-electron chi connectivity index (χ1n) is 8.64. The Morgan fingerprint density at radius 3 is 2.65 bits per heavy atom. The summed E-state index contributed by atoms with van der Waals surface area (Å²) < 4.78 is 38.3. The fraction of sp³-hybridized carbons (Fsp3) is 0.389. The maximum Gasteiger partial charge on any atom is 0.261 e. The molecule has 1 atom stereocenters.